The third-order valence-corrected chi connectivity index (χ3v) is 2.54. The maximum atomic E-state index is 11.4. The zero-order chi connectivity index (χ0) is 12.2. The lowest BCUT2D eigenvalue weighted by atomic mass is 10.2. The predicted octanol–water partition coefficient (Wildman–Crippen LogP) is 4.25. The van der Waals surface area contributed by atoms with Gasteiger partial charge < -0.3 is 4.74 Å². The first-order chi connectivity index (χ1) is 7.72. The standard InChI is InChI=1S/C14H26O2/c1-4-6-8-9-10-12-16-14(15)13(3)11-7-5-2/h11H,4-10,12H2,1-3H3. The topological polar surface area (TPSA) is 26.3 Å². The third kappa shape index (κ3) is 8.51. The molecule has 2 nitrogen and oxygen atoms in total. The zero-order valence-corrected chi connectivity index (χ0v) is 11.1. The van der Waals surface area contributed by atoms with Gasteiger partial charge in [0.2, 0.25) is 0 Å². The molecular weight excluding hydrogens is 200 g/mol. The van der Waals surface area contributed by atoms with Crippen molar-refractivity contribution in [3.8, 4) is 0 Å². The van der Waals surface area contributed by atoms with Crippen LogP contribution >= 0.6 is 0 Å². The number of allylic oxidation sites excluding steroid dienone is 1. The van der Waals surface area contributed by atoms with E-state index in [-0.39, 0.29) is 5.97 Å². The Kier molecular flexibility index (Phi) is 10.2. The molecule has 0 spiro atoms. The van der Waals surface area contributed by atoms with Gasteiger partial charge in [0.05, 0.1) is 6.61 Å². The van der Waals surface area contributed by atoms with Crippen LogP contribution in [0, 0.1) is 0 Å². The van der Waals surface area contributed by atoms with Crippen LogP contribution in [0.1, 0.15) is 65.7 Å². The van der Waals surface area contributed by atoms with E-state index in [0.29, 0.717) is 6.61 Å². The maximum absolute atomic E-state index is 11.4. The lowest BCUT2D eigenvalue weighted by Gasteiger charge is -2.04. The van der Waals surface area contributed by atoms with Crippen molar-refractivity contribution in [1.29, 1.82) is 0 Å². The first kappa shape index (κ1) is 15.2. The molecule has 0 saturated heterocycles. The van der Waals surface area contributed by atoms with Crippen LogP contribution in [0.5, 0.6) is 0 Å². The summed E-state index contributed by atoms with van der Waals surface area (Å²) < 4.78 is 5.17. The summed E-state index contributed by atoms with van der Waals surface area (Å²) in [4.78, 5) is 11.4. The Bertz CT molecular complexity index is 207. The molecule has 0 aromatic heterocycles. The van der Waals surface area contributed by atoms with Crippen molar-refractivity contribution >= 4 is 5.97 Å². The highest BCUT2D eigenvalue weighted by Gasteiger charge is 2.04. The van der Waals surface area contributed by atoms with E-state index in [1.54, 1.807) is 0 Å². The van der Waals surface area contributed by atoms with Crippen molar-refractivity contribution in [2.75, 3.05) is 6.61 Å². The minimum absolute atomic E-state index is 0.149. The summed E-state index contributed by atoms with van der Waals surface area (Å²) in [5.41, 5.74) is 0.746. The van der Waals surface area contributed by atoms with Gasteiger partial charge >= 0.3 is 5.97 Å². The molecule has 2 heteroatoms. The molecule has 0 radical (unpaired) electrons. The molecule has 0 heterocycles. The molecule has 0 unspecified atom stereocenters. The van der Waals surface area contributed by atoms with E-state index >= 15 is 0 Å². The summed E-state index contributed by atoms with van der Waals surface area (Å²) in [7, 11) is 0. The molecule has 0 bridgehead atoms. The molecule has 0 aromatic carbocycles. The molecule has 0 amide bonds. The van der Waals surface area contributed by atoms with Gasteiger partial charge in [0.25, 0.3) is 0 Å². The fourth-order valence-corrected chi connectivity index (χ4v) is 1.43. The number of unbranched alkanes of at least 4 members (excludes halogenated alkanes) is 5. The van der Waals surface area contributed by atoms with Gasteiger partial charge in [-0.15, -0.1) is 0 Å². The first-order valence-corrected chi connectivity index (χ1v) is 6.56. The maximum Gasteiger partial charge on any atom is 0.333 e. The number of hydrogen-bond donors (Lipinski definition) is 0. The lowest BCUT2D eigenvalue weighted by Crippen LogP contribution is -2.07. The van der Waals surface area contributed by atoms with Crippen LogP contribution in [0.4, 0.5) is 0 Å². The second-order valence-electron chi connectivity index (χ2n) is 4.23. The summed E-state index contributed by atoms with van der Waals surface area (Å²) >= 11 is 0. The molecule has 0 rings (SSSR count). The van der Waals surface area contributed by atoms with E-state index in [1.807, 2.05) is 13.0 Å². The highest BCUT2D eigenvalue weighted by Crippen LogP contribution is 2.05. The molecule has 0 atom stereocenters. The van der Waals surface area contributed by atoms with Gasteiger partial charge in [-0.25, -0.2) is 4.79 Å². The summed E-state index contributed by atoms with van der Waals surface area (Å²) in [6.07, 6.45) is 9.92. The minimum Gasteiger partial charge on any atom is -0.462 e. The van der Waals surface area contributed by atoms with Crippen molar-refractivity contribution in [1.82, 2.24) is 0 Å². The molecule has 0 N–H and O–H groups in total. The fourth-order valence-electron chi connectivity index (χ4n) is 1.43. The Labute approximate surface area is 100 Å². The molecule has 0 saturated carbocycles. The number of esters is 1. The summed E-state index contributed by atoms with van der Waals surface area (Å²) in [5, 5.41) is 0. The van der Waals surface area contributed by atoms with E-state index in [0.717, 1.165) is 24.8 Å². The second-order valence-corrected chi connectivity index (χ2v) is 4.23. The molecule has 0 fully saturated rings. The first-order valence-electron chi connectivity index (χ1n) is 6.56. The summed E-state index contributed by atoms with van der Waals surface area (Å²) in [6.45, 7) is 6.69. The fraction of sp³-hybridized carbons (Fsp3) is 0.786. The zero-order valence-electron chi connectivity index (χ0n) is 11.1. The van der Waals surface area contributed by atoms with E-state index in [4.69, 9.17) is 4.74 Å². The largest absolute Gasteiger partial charge is 0.462 e. The van der Waals surface area contributed by atoms with Crippen LogP contribution in [-0.2, 0) is 9.53 Å². The van der Waals surface area contributed by atoms with Crippen LogP contribution in [-0.4, -0.2) is 12.6 Å². The Hall–Kier alpha value is -0.790. The van der Waals surface area contributed by atoms with E-state index < -0.39 is 0 Å². The smallest absolute Gasteiger partial charge is 0.333 e. The molecule has 94 valence electrons. The molecule has 16 heavy (non-hydrogen) atoms. The van der Waals surface area contributed by atoms with Gasteiger partial charge in [-0.05, 0) is 19.8 Å². The van der Waals surface area contributed by atoms with Gasteiger partial charge in [-0.3, -0.25) is 0 Å². The quantitative estimate of drug-likeness (QED) is 0.334. The van der Waals surface area contributed by atoms with E-state index in [1.165, 1.54) is 25.7 Å². The monoisotopic (exact) mass is 226 g/mol. The minimum atomic E-state index is -0.149. The highest BCUT2D eigenvalue weighted by atomic mass is 16.5. The molecule has 0 aromatic rings. The number of rotatable bonds is 9. The van der Waals surface area contributed by atoms with Crippen LogP contribution in [0.25, 0.3) is 0 Å². The van der Waals surface area contributed by atoms with Crippen LogP contribution in [0.2, 0.25) is 0 Å². The van der Waals surface area contributed by atoms with Gasteiger partial charge in [0.15, 0.2) is 0 Å². The lowest BCUT2D eigenvalue weighted by molar-refractivity contribution is -0.139. The van der Waals surface area contributed by atoms with Gasteiger partial charge in [0, 0.05) is 5.57 Å². The predicted molar refractivity (Wildman–Crippen MR) is 68.4 cm³/mol. The normalized spacial score (nSPS) is 11.6. The average molecular weight is 226 g/mol. The second kappa shape index (κ2) is 10.7. The van der Waals surface area contributed by atoms with Gasteiger partial charge in [-0.2, -0.15) is 0 Å². The molecule has 0 aliphatic carbocycles. The third-order valence-electron chi connectivity index (χ3n) is 2.54. The number of hydrogen-bond acceptors (Lipinski definition) is 2. The summed E-state index contributed by atoms with van der Waals surface area (Å²) in [5.74, 6) is -0.149. The number of carbonyl (C=O) groups is 1. The Morgan fingerprint density at radius 3 is 2.38 bits per heavy atom. The molecule has 0 aliphatic heterocycles. The van der Waals surface area contributed by atoms with E-state index in [2.05, 4.69) is 13.8 Å². The van der Waals surface area contributed by atoms with Crippen LogP contribution in [0.15, 0.2) is 11.6 Å². The summed E-state index contributed by atoms with van der Waals surface area (Å²) in [6, 6.07) is 0. The number of carbonyl (C=O) groups excluding carboxylic acids is 1. The number of ether oxygens (including phenoxy) is 1. The van der Waals surface area contributed by atoms with Gasteiger partial charge in [-0.1, -0.05) is 52.0 Å². The van der Waals surface area contributed by atoms with Crippen LogP contribution < -0.4 is 0 Å². The van der Waals surface area contributed by atoms with Crippen molar-refractivity contribution < 1.29 is 9.53 Å². The van der Waals surface area contributed by atoms with E-state index in [9.17, 15) is 4.79 Å². The Morgan fingerprint density at radius 1 is 1.06 bits per heavy atom. The highest BCUT2D eigenvalue weighted by molar-refractivity contribution is 5.87. The Balaban J connectivity index is 3.50. The SMILES string of the molecule is CCCC=C(C)C(=O)OCCCCCCC. The average Bonchev–Trinajstić information content (AvgIpc) is 2.30. The molecule has 0 aliphatic rings. The van der Waals surface area contributed by atoms with Crippen molar-refractivity contribution in [3.05, 3.63) is 11.6 Å². The molecular formula is C14H26O2. The van der Waals surface area contributed by atoms with Crippen LogP contribution in [0.3, 0.4) is 0 Å². The van der Waals surface area contributed by atoms with Crippen molar-refractivity contribution in [3.63, 3.8) is 0 Å². The van der Waals surface area contributed by atoms with Gasteiger partial charge in [0.1, 0.15) is 0 Å². The Morgan fingerprint density at radius 2 is 1.75 bits per heavy atom. The van der Waals surface area contributed by atoms with Crippen molar-refractivity contribution in [2.24, 2.45) is 0 Å². The van der Waals surface area contributed by atoms with Crippen molar-refractivity contribution in [2.45, 2.75) is 65.7 Å².